The van der Waals surface area contributed by atoms with Crippen LogP contribution in [0.3, 0.4) is 0 Å². The molecule has 0 saturated carbocycles. The van der Waals surface area contributed by atoms with E-state index in [9.17, 15) is 0 Å². The highest BCUT2D eigenvalue weighted by atomic mass is 16.2. The molecule has 0 atom stereocenters. The van der Waals surface area contributed by atoms with Crippen LogP contribution in [0.4, 0.5) is 0 Å². The second-order valence-electron chi connectivity index (χ2n) is 0.401. The van der Waals surface area contributed by atoms with Crippen molar-refractivity contribution < 1.29 is 14.4 Å². The summed E-state index contributed by atoms with van der Waals surface area (Å²) in [6, 6.07) is 0. The summed E-state index contributed by atoms with van der Waals surface area (Å²) in [5.74, 6) is 0. The Kier molecular flexibility index (Phi) is 182. The normalized spacial score (nSPS) is 3.44. The monoisotopic (exact) mass is 130 g/mol. The van der Waals surface area contributed by atoms with Crippen LogP contribution in [-0.4, -0.2) is 19.4 Å². The lowest BCUT2D eigenvalue weighted by molar-refractivity contribution is -0.122. The zero-order valence-corrected chi connectivity index (χ0v) is 4.61. The van der Waals surface area contributed by atoms with Crippen molar-refractivity contribution in [1.82, 2.24) is 0 Å². The van der Waals surface area contributed by atoms with Crippen LogP contribution in [0.1, 0.15) is 0 Å². The summed E-state index contributed by atoms with van der Waals surface area (Å²) in [6.07, 6.45) is 1.64. The van der Waals surface area contributed by atoms with E-state index in [1.807, 2.05) is 6.79 Å². The second-order valence-corrected chi connectivity index (χ2v) is 0.401. The van der Waals surface area contributed by atoms with Gasteiger partial charge in [-0.15, -0.1) is 0 Å². The molecule has 0 aromatic rings. The minimum Gasteiger partial charge on any atom is -0.337 e. The van der Waals surface area contributed by atoms with Gasteiger partial charge >= 0.3 is 0 Å². The fourth-order valence-corrected chi connectivity index (χ4v) is 0. The van der Waals surface area contributed by atoms with Crippen LogP contribution in [-0.2, 0) is 14.4 Å². The molecule has 0 aliphatic carbocycles. The van der Waals surface area contributed by atoms with Gasteiger partial charge in [0.15, 0.2) is 18.8 Å². The van der Waals surface area contributed by atoms with Gasteiger partial charge < -0.3 is 10.5 Å². The third kappa shape index (κ3) is 238. The van der Waals surface area contributed by atoms with Crippen LogP contribution in [0, 0.1) is 11.5 Å². The molecule has 0 saturated heterocycles. The number of aldehydes is 2. The van der Waals surface area contributed by atoms with E-state index in [1.54, 1.807) is 0 Å². The van der Waals surface area contributed by atoms with Gasteiger partial charge in [0, 0.05) is 0 Å². The largest absolute Gasteiger partial charge is 0.337 e. The third-order valence-corrected chi connectivity index (χ3v) is 0.0556. The summed E-state index contributed by atoms with van der Waals surface area (Å²) in [6.45, 7) is 2.00. The maximum atomic E-state index is 8.81. The minimum atomic E-state index is 0.194. The highest BCUT2D eigenvalue weighted by molar-refractivity contribution is 6.09. The predicted molar refractivity (Wildman–Crippen MR) is 29.0 cm³/mol. The minimum absolute atomic E-state index is 0.194. The van der Waals surface area contributed by atoms with Crippen molar-refractivity contribution in [1.29, 1.82) is 5.26 Å². The predicted octanol–water partition coefficient (Wildman–Crippen LogP) is -1.37. The number of nitriles is 1. The molecule has 0 radical (unpaired) electrons. The highest BCUT2D eigenvalue weighted by Crippen LogP contribution is 1.12. The van der Waals surface area contributed by atoms with Crippen molar-refractivity contribution in [2.75, 3.05) is 0 Å². The lowest BCUT2D eigenvalue weighted by atomic mass is 10.9. The molecular weight excluding hydrogens is 124 g/mol. The van der Waals surface area contributed by atoms with Gasteiger partial charge in [-0.25, -0.2) is 0 Å². The Bertz CT molecular complexity index is 90.5. The van der Waals surface area contributed by atoms with Crippen molar-refractivity contribution in [3.05, 3.63) is 0 Å². The van der Waals surface area contributed by atoms with E-state index < -0.39 is 0 Å². The molecule has 2 N–H and O–H groups in total. The third-order valence-electron chi connectivity index (χ3n) is 0.0556. The van der Waals surface area contributed by atoms with E-state index in [2.05, 4.69) is 5.73 Å². The first-order chi connectivity index (χ1) is 4.33. The first-order valence-electron chi connectivity index (χ1n) is 1.61. The van der Waals surface area contributed by atoms with E-state index in [0.29, 0.717) is 0 Å². The topological polar surface area (TPSA) is 101 Å². The van der Waals surface area contributed by atoms with Crippen LogP contribution in [0.25, 0.3) is 0 Å². The number of rotatable bonds is 1. The van der Waals surface area contributed by atoms with Crippen molar-refractivity contribution >= 4 is 19.4 Å². The van der Waals surface area contributed by atoms with Crippen LogP contribution in [0.5, 0.6) is 0 Å². The van der Waals surface area contributed by atoms with Crippen LogP contribution in [0.2, 0.25) is 0 Å². The average Bonchev–Trinajstić information content (AvgIpc) is 1.94. The molecule has 0 rings (SSSR count). The quantitative estimate of drug-likeness (QED) is 0.204. The number of hydrogen-bond donors (Lipinski definition) is 1. The number of nitrogens with zero attached hydrogens (tertiary/aromatic N) is 1. The van der Waals surface area contributed by atoms with Crippen molar-refractivity contribution in [2.45, 2.75) is 0 Å². The van der Waals surface area contributed by atoms with Crippen molar-refractivity contribution in [2.24, 2.45) is 5.73 Å². The van der Waals surface area contributed by atoms with Crippen molar-refractivity contribution in [3.63, 3.8) is 0 Å². The Morgan fingerprint density at radius 3 is 1.44 bits per heavy atom. The summed E-state index contributed by atoms with van der Waals surface area (Å²) in [7, 11) is 0. The molecular formula is C4H6N2O3. The Hall–Kier alpha value is -1.70. The summed E-state index contributed by atoms with van der Waals surface area (Å²) in [5.41, 5.74) is 4.15. The molecule has 5 heteroatoms. The molecule has 0 heterocycles. The first-order valence-corrected chi connectivity index (χ1v) is 1.61. The number of carbonyl (C=O) groups excluding carboxylic acids is 3. The molecule has 0 aliphatic rings. The molecule has 0 spiro atoms. The van der Waals surface area contributed by atoms with Gasteiger partial charge in [-0.3, -0.25) is 9.59 Å². The zero-order chi connectivity index (χ0) is 8.12. The van der Waals surface area contributed by atoms with E-state index in [0.717, 1.165) is 0 Å². The number of nitrogens with two attached hydrogens (primary N) is 1. The molecule has 0 amide bonds. The Morgan fingerprint density at radius 1 is 1.33 bits per heavy atom. The highest BCUT2D eigenvalue weighted by Gasteiger charge is 1.47. The van der Waals surface area contributed by atoms with Gasteiger partial charge in [-0.05, 0) is 0 Å². The summed E-state index contributed by atoms with van der Waals surface area (Å²) in [5, 5.41) is 7.10. The fraction of sp³-hybridized carbons (Fsp3) is 0. The Labute approximate surface area is 52.1 Å². The second kappa shape index (κ2) is 105. The van der Waals surface area contributed by atoms with Gasteiger partial charge in [0.2, 0.25) is 0 Å². The first kappa shape index (κ1) is 15.7. The summed E-state index contributed by atoms with van der Waals surface area (Å²) >= 11 is 0. The Balaban J connectivity index is -0.0000000646. The van der Waals surface area contributed by atoms with Gasteiger partial charge in [-0.2, -0.15) is 5.26 Å². The molecule has 0 aromatic carbocycles. The molecule has 0 aromatic heterocycles. The molecule has 0 unspecified atom stereocenters. The maximum absolute atomic E-state index is 8.81. The number of carbonyl (C=O) groups is 3. The smallest absolute Gasteiger partial charge is 0.182 e. The summed E-state index contributed by atoms with van der Waals surface area (Å²) in [4.78, 5) is 25.6. The van der Waals surface area contributed by atoms with Gasteiger partial charge in [-0.1, -0.05) is 0 Å². The molecule has 9 heavy (non-hydrogen) atoms. The number of hydrogen-bond acceptors (Lipinski definition) is 5. The van der Waals surface area contributed by atoms with Crippen LogP contribution < -0.4 is 5.73 Å². The molecule has 0 fully saturated rings. The van der Waals surface area contributed by atoms with Gasteiger partial charge in [0.1, 0.15) is 6.79 Å². The lowest BCUT2D eigenvalue weighted by Gasteiger charge is -1.31. The standard InChI is InChI=1S/C2H2O2.CH2N2.CH2O/c3-1-2-4;2-1-3;1-2/h1-2H;2H2;1H2. The average molecular weight is 130 g/mol. The zero-order valence-electron chi connectivity index (χ0n) is 4.61. The van der Waals surface area contributed by atoms with Gasteiger partial charge in [0.05, 0.1) is 0 Å². The summed E-state index contributed by atoms with van der Waals surface area (Å²) < 4.78 is 0. The fourth-order valence-electron chi connectivity index (χ4n) is 0. The van der Waals surface area contributed by atoms with Crippen LogP contribution >= 0.6 is 0 Å². The SMILES string of the molecule is C=O.N#CN.O=CC=O. The van der Waals surface area contributed by atoms with Crippen molar-refractivity contribution in [3.8, 4) is 6.19 Å². The lowest BCUT2D eigenvalue weighted by Crippen LogP contribution is -1.69. The van der Waals surface area contributed by atoms with E-state index in [1.165, 1.54) is 6.19 Å². The Morgan fingerprint density at radius 2 is 1.44 bits per heavy atom. The maximum Gasteiger partial charge on any atom is 0.182 e. The molecule has 5 nitrogen and oxygen atoms in total. The van der Waals surface area contributed by atoms with E-state index in [4.69, 9.17) is 19.6 Å². The van der Waals surface area contributed by atoms with E-state index in [-0.39, 0.29) is 12.6 Å². The molecule has 50 valence electrons. The van der Waals surface area contributed by atoms with Gasteiger partial charge in [0.25, 0.3) is 0 Å². The van der Waals surface area contributed by atoms with Crippen LogP contribution in [0.15, 0.2) is 0 Å². The molecule has 0 aliphatic heterocycles. The molecule has 0 bridgehead atoms. The van der Waals surface area contributed by atoms with E-state index >= 15 is 0 Å².